The predicted molar refractivity (Wildman–Crippen MR) is 287 cm³/mol. The van der Waals surface area contributed by atoms with Gasteiger partial charge in [0.25, 0.3) is 0 Å². The van der Waals surface area contributed by atoms with Crippen LogP contribution in [0, 0.1) is 0 Å². The molecule has 0 saturated heterocycles. The monoisotopic (exact) mass is 953 g/mol. The van der Waals surface area contributed by atoms with Crippen molar-refractivity contribution < 1.29 is 27.7 Å². The van der Waals surface area contributed by atoms with Crippen LogP contribution in [-0.4, -0.2) is 15.9 Å². The Morgan fingerprint density at radius 1 is 0.318 bits per heavy atom. The number of rotatable bonds is 44. The first-order valence-corrected chi connectivity index (χ1v) is 30.9. The fourth-order valence-corrected chi connectivity index (χ4v) is 13.6. The van der Waals surface area contributed by atoms with E-state index < -0.39 is 16.1 Å². The molecule has 2 N–H and O–H groups in total. The standard InChI is InChI=1S/C58H98O6P2/c1-5-9-13-17-21-22-23-24-28-32-36-52-66(64-65(59)60,61-56-46-40-53(41-47-56)37-33-29-25-18-14-10-6-2,62-57-48-42-54(43-49-57)38-34-30-26-19-15-11-7-3)63-58-50-44-55(45-51-58)39-35-31-27-20-16-12-8-4/h40-51,59-60H,5-39,52H2,1-4H3. The Bertz CT molecular complexity index is 1410. The fourth-order valence-electron chi connectivity index (χ4n) is 9.08. The maximum absolute atomic E-state index is 11.0. The Hall–Kier alpha value is -2.20. The molecule has 3 rings (SSSR count). The van der Waals surface area contributed by atoms with Gasteiger partial charge in [-0.25, -0.2) is 0 Å². The van der Waals surface area contributed by atoms with Crippen LogP contribution < -0.4 is 13.6 Å². The summed E-state index contributed by atoms with van der Waals surface area (Å²) in [6.45, 7) is 9.07. The Labute approximate surface area is 407 Å². The van der Waals surface area contributed by atoms with Crippen molar-refractivity contribution in [3.05, 3.63) is 89.5 Å². The third-order valence-electron chi connectivity index (χ3n) is 13.2. The van der Waals surface area contributed by atoms with Gasteiger partial charge in [0.15, 0.2) is 0 Å². The average Bonchev–Trinajstić information content (AvgIpc) is 3.31. The van der Waals surface area contributed by atoms with Crippen LogP contribution >= 0.6 is 16.1 Å². The summed E-state index contributed by atoms with van der Waals surface area (Å²) in [6, 6.07) is 24.6. The van der Waals surface area contributed by atoms with Crippen molar-refractivity contribution in [2.45, 2.75) is 252 Å². The number of hydrogen-bond donors (Lipinski definition) is 2. The summed E-state index contributed by atoms with van der Waals surface area (Å²) in [4.78, 5) is 21.9. The molecule has 8 heteroatoms. The van der Waals surface area contributed by atoms with Gasteiger partial charge in [-0.2, -0.15) is 0 Å². The third kappa shape index (κ3) is 26.0. The minimum atomic E-state index is -4.92. The molecule has 3 aromatic rings. The van der Waals surface area contributed by atoms with Gasteiger partial charge in [0.2, 0.25) is 0 Å². The first-order valence-electron chi connectivity index (χ1n) is 27.6. The molecule has 0 aliphatic carbocycles. The summed E-state index contributed by atoms with van der Waals surface area (Å²) in [5.41, 5.74) is 3.76. The fraction of sp³-hybridized carbons (Fsp3) is 0.690. The van der Waals surface area contributed by atoms with E-state index >= 15 is 0 Å². The van der Waals surface area contributed by atoms with Crippen LogP contribution in [-0.2, 0) is 23.6 Å². The predicted octanol–water partition coefficient (Wildman–Crippen LogP) is 19.9. The van der Waals surface area contributed by atoms with Crippen molar-refractivity contribution in [2.24, 2.45) is 0 Å². The number of benzene rings is 3. The van der Waals surface area contributed by atoms with E-state index in [-0.39, 0.29) is 6.16 Å². The van der Waals surface area contributed by atoms with Gasteiger partial charge in [-0.05, 0) is 0 Å². The van der Waals surface area contributed by atoms with Crippen molar-refractivity contribution in [1.29, 1.82) is 0 Å². The van der Waals surface area contributed by atoms with E-state index in [9.17, 15) is 9.79 Å². The molecule has 0 fully saturated rings. The van der Waals surface area contributed by atoms with E-state index in [1.807, 2.05) is 36.4 Å². The molecule has 0 saturated carbocycles. The van der Waals surface area contributed by atoms with Gasteiger partial charge in [-0.1, -0.05) is 47.0 Å². The van der Waals surface area contributed by atoms with Crippen molar-refractivity contribution in [3.8, 4) is 17.2 Å². The Balaban J connectivity index is 1.91. The average molecular weight is 953 g/mol. The number of unbranched alkanes of at least 4 members (excludes halogenated alkanes) is 28. The van der Waals surface area contributed by atoms with E-state index in [0.29, 0.717) is 23.7 Å². The second-order valence-corrected chi connectivity index (χ2v) is 23.5. The van der Waals surface area contributed by atoms with Crippen LogP contribution in [0.1, 0.15) is 250 Å². The van der Waals surface area contributed by atoms with Crippen LogP contribution in [0.15, 0.2) is 72.8 Å². The van der Waals surface area contributed by atoms with Crippen LogP contribution in [0.5, 0.6) is 17.2 Å². The first-order chi connectivity index (χ1) is 32.3. The van der Waals surface area contributed by atoms with E-state index in [1.165, 1.54) is 184 Å². The molecule has 0 bridgehead atoms. The van der Waals surface area contributed by atoms with Gasteiger partial charge in [0, 0.05) is 0 Å². The molecule has 0 amide bonds. The van der Waals surface area contributed by atoms with Crippen molar-refractivity contribution in [3.63, 3.8) is 0 Å². The van der Waals surface area contributed by atoms with E-state index in [2.05, 4.69) is 64.1 Å². The number of hydrogen-bond acceptors (Lipinski definition) is 6. The molecule has 0 spiro atoms. The van der Waals surface area contributed by atoms with Gasteiger partial charge in [-0.15, -0.1) is 0 Å². The molecule has 0 aromatic heterocycles. The molecule has 6 nitrogen and oxygen atoms in total. The van der Waals surface area contributed by atoms with Gasteiger partial charge < -0.3 is 0 Å². The summed E-state index contributed by atoms with van der Waals surface area (Å²) in [7, 11) is -7.87. The van der Waals surface area contributed by atoms with E-state index in [0.717, 1.165) is 51.4 Å². The Morgan fingerprint density at radius 3 is 0.788 bits per heavy atom. The van der Waals surface area contributed by atoms with Crippen LogP contribution in [0.3, 0.4) is 0 Å². The molecular weight excluding hydrogens is 855 g/mol. The van der Waals surface area contributed by atoms with Gasteiger partial charge in [0.05, 0.1) is 0 Å². The first kappa shape index (κ1) is 58.1. The van der Waals surface area contributed by atoms with E-state index in [4.69, 9.17) is 17.9 Å². The summed E-state index contributed by atoms with van der Waals surface area (Å²) >= 11 is 0. The molecule has 0 unspecified atom stereocenters. The molecule has 0 aliphatic rings. The summed E-state index contributed by atoms with van der Waals surface area (Å²) < 4.78 is 27.7. The van der Waals surface area contributed by atoms with E-state index in [1.54, 1.807) is 0 Å². The Morgan fingerprint density at radius 2 is 0.545 bits per heavy atom. The SMILES string of the molecule is CCCCCCCCCCCCCP(Oc1ccc(CCCCCCCCC)cc1)(Oc1ccc(CCCCCCCCC)cc1)(Oc1ccc(CCCCCCCCC)cc1)OP(O)O. The topological polar surface area (TPSA) is 77.4 Å². The van der Waals surface area contributed by atoms with Crippen LogP contribution in [0.4, 0.5) is 0 Å². The third-order valence-corrected chi connectivity index (χ3v) is 17.8. The maximum atomic E-state index is 11.0. The molecule has 0 heterocycles. The van der Waals surface area contributed by atoms with Gasteiger partial charge in [-0.3, -0.25) is 0 Å². The molecule has 66 heavy (non-hydrogen) atoms. The quantitative estimate of drug-likeness (QED) is 0.0434. The number of aryl methyl sites for hydroxylation is 3. The second kappa shape index (κ2) is 36.7. The zero-order valence-electron chi connectivity index (χ0n) is 42.8. The molecule has 0 atom stereocenters. The van der Waals surface area contributed by atoms with Gasteiger partial charge >= 0.3 is 362 Å². The molecule has 0 radical (unpaired) electrons. The minimum absolute atomic E-state index is 0.238. The van der Waals surface area contributed by atoms with Crippen LogP contribution in [0.2, 0.25) is 0 Å². The second-order valence-electron chi connectivity index (χ2n) is 19.4. The van der Waals surface area contributed by atoms with Crippen molar-refractivity contribution >= 4 is 16.1 Å². The molecule has 376 valence electrons. The van der Waals surface area contributed by atoms with Gasteiger partial charge in [0.1, 0.15) is 0 Å². The van der Waals surface area contributed by atoms with Crippen LogP contribution in [0.25, 0.3) is 0 Å². The van der Waals surface area contributed by atoms with Crippen molar-refractivity contribution in [2.75, 3.05) is 6.16 Å². The molecular formula is C58H98O6P2. The van der Waals surface area contributed by atoms with Crippen molar-refractivity contribution in [1.82, 2.24) is 0 Å². The summed E-state index contributed by atoms with van der Waals surface area (Å²) in [5.74, 6) is 1.59. The zero-order chi connectivity index (χ0) is 47.3. The summed E-state index contributed by atoms with van der Waals surface area (Å²) in [5, 5.41) is 0. The molecule has 0 aliphatic heterocycles. The zero-order valence-corrected chi connectivity index (χ0v) is 44.6. The summed E-state index contributed by atoms with van der Waals surface area (Å²) in [6.07, 6.45) is 43.0. The molecule has 3 aromatic carbocycles. The Kier molecular flexibility index (Phi) is 32.3. The normalized spacial score (nSPS) is 12.4.